The average Bonchev–Trinajstić information content (AvgIpc) is 3.35. The van der Waals surface area contributed by atoms with Gasteiger partial charge in [-0.2, -0.15) is 4.80 Å². The number of aryl methyl sites for hydroxylation is 1. The number of cyclic esters (lactones) is 1. The van der Waals surface area contributed by atoms with E-state index in [9.17, 15) is 13.6 Å². The number of aliphatic hydroxyl groups excluding tert-OH is 1. The first-order chi connectivity index (χ1) is 14.0. The molecule has 0 saturated carbocycles. The molecule has 2 atom stereocenters. The molecule has 11 heteroatoms. The van der Waals surface area contributed by atoms with E-state index in [1.165, 1.54) is 23.1 Å². The molecule has 1 N–H and O–H groups in total. The fraction of sp³-hybridized carbons (Fsp3) is 0.278. The van der Waals surface area contributed by atoms with Crippen molar-refractivity contribution in [2.24, 2.45) is 0 Å². The van der Waals surface area contributed by atoms with Gasteiger partial charge in [0.05, 0.1) is 18.8 Å². The van der Waals surface area contributed by atoms with Crippen molar-refractivity contribution < 1.29 is 23.4 Å². The molecule has 0 bridgehead atoms. The van der Waals surface area contributed by atoms with Crippen LogP contribution < -0.4 is 4.90 Å². The fourth-order valence-corrected chi connectivity index (χ4v) is 2.91. The monoisotopic (exact) mass is 402 g/mol. The highest BCUT2D eigenvalue weighted by Crippen LogP contribution is 2.30. The Morgan fingerprint density at radius 3 is 2.76 bits per heavy atom. The number of aliphatic hydroxyl groups is 1. The van der Waals surface area contributed by atoms with Gasteiger partial charge in [-0.25, -0.2) is 13.6 Å². The van der Waals surface area contributed by atoms with Crippen LogP contribution in [0.4, 0.5) is 19.3 Å². The fourth-order valence-electron chi connectivity index (χ4n) is 2.91. The summed E-state index contributed by atoms with van der Waals surface area (Å²) in [4.78, 5) is 18.6. The highest BCUT2D eigenvalue weighted by Gasteiger charge is 2.37. The first-order valence-corrected chi connectivity index (χ1v) is 8.80. The number of ether oxygens (including phenoxy) is 1. The van der Waals surface area contributed by atoms with Crippen molar-refractivity contribution in [2.45, 2.75) is 25.9 Å². The normalized spacial score (nSPS) is 17.4. The number of carbonyl (C=O) groups excluding carboxylic acids is 1. The van der Waals surface area contributed by atoms with Gasteiger partial charge in [0.2, 0.25) is 12.2 Å². The molecular formula is C18H16F2N6O3. The molecule has 0 aliphatic carbocycles. The summed E-state index contributed by atoms with van der Waals surface area (Å²) >= 11 is 0. The van der Waals surface area contributed by atoms with Crippen LogP contribution in [0.15, 0.2) is 36.5 Å². The van der Waals surface area contributed by atoms with Gasteiger partial charge in [0, 0.05) is 17.3 Å². The minimum Gasteiger partial charge on any atom is -0.438 e. The maximum absolute atomic E-state index is 14.7. The summed E-state index contributed by atoms with van der Waals surface area (Å²) < 4.78 is 32.4. The summed E-state index contributed by atoms with van der Waals surface area (Å²) in [5, 5.41) is 20.9. The lowest BCUT2D eigenvalue weighted by Gasteiger charge is -2.14. The smallest absolute Gasteiger partial charge is 0.414 e. The average molecular weight is 402 g/mol. The molecule has 1 saturated heterocycles. The number of hydrogen-bond donors (Lipinski definition) is 1. The standard InChI is InChI=1S/C18H16F2N6O3/c1-2-26-23-17(22-24-26)14-6-3-10(8-21-14)12-5-4-11(7-13(12)19)25-9-15(16(20)27)29-18(25)28/h3-8,15-16,27H,2,9H2,1H3/t15-,16?/m0/s1. The van der Waals surface area contributed by atoms with E-state index in [4.69, 9.17) is 9.84 Å². The van der Waals surface area contributed by atoms with Crippen LogP contribution in [0.2, 0.25) is 0 Å². The number of carbonyl (C=O) groups is 1. The van der Waals surface area contributed by atoms with E-state index in [-0.39, 0.29) is 17.8 Å². The summed E-state index contributed by atoms with van der Waals surface area (Å²) in [5.74, 6) is -0.226. The molecule has 1 aliphatic rings. The zero-order chi connectivity index (χ0) is 20.5. The van der Waals surface area contributed by atoms with Crippen molar-refractivity contribution in [2.75, 3.05) is 11.4 Å². The summed E-state index contributed by atoms with van der Waals surface area (Å²) in [6, 6.07) is 7.47. The van der Waals surface area contributed by atoms with Crippen LogP contribution in [0.1, 0.15) is 6.92 Å². The third-order valence-corrected chi connectivity index (χ3v) is 4.45. The van der Waals surface area contributed by atoms with E-state index in [0.29, 0.717) is 23.6 Å². The molecule has 3 aromatic rings. The molecule has 2 aromatic heterocycles. The lowest BCUT2D eigenvalue weighted by Crippen LogP contribution is -2.28. The van der Waals surface area contributed by atoms with Crippen molar-refractivity contribution in [1.29, 1.82) is 0 Å². The number of nitrogens with zero attached hydrogens (tertiary/aromatic N) is 6. The van der Waals surface area contributed by atoms with Crippen LogP contribution in [-0.4, -0.2) is 55.4 Å². The zero-order valence-corrected chi connectivity index (χ0v) is 15.2. The predicted molar refractivity (Wildman–Crippen MR) is 96.8 cm³/mol. The number of rotatable bonds is 5. The Kier molecular flexibility index (Phi) is 4.89. The molecule has 1 aromatic carbocycles. The van der Waals surface area contributed by atoms with Crippen LogP contribution >= 0.6 is 0 Å². The molecule has 0 radical (unpaired) electrons. The van der Waals surface area contributed by atoms with Gasteiger partial charge in [-0.3, -0.25) is 9.88 Å². The van der Waals surface area contributed by atoms with Gasteiger partial charge >= 0.3 is 6.09 Å². The zero-order valence-electron chi connectivity index (χ0n) is 15.2. The summed E-state index contributed by atoms with van der Waals surface area (Å²) in [5.41, 5.74) is 1.49. The number of anilines is 1. The Hall–Kier alpha value is -3.47. The molecule has 9 nitrogen and oxygen atoms in total. The van der Waals surface area contributed by atoms with E-state index in [1.54, 1.807) is 12.1 Å². The topological polar surface area (TPSA) is 106 Å². The highest BCUT2D eigenvalue weighted by atomic mass is 19.1. The third kappa shape index (κ3) is 3.63. The molecule has 1 unspecified atom stereocenters. The Balaban J connectivity index is 1.56. The molecular weight excluding hydrogens is 386 g/mol. The van der Waals surface area contributed by atoms with E-state index in [0.717, 1.165) is 11.0 Å². The second kappa shape index (κ2) is 7.51. The Morgan fingerprint density at radius 2 is 2.17 bits per heavy atom. The minimum atomic E-state index is -2.30. The first-order valence-electron chi connectivity index (χ1n) is 8.80. The van der Waals surface area contributed by atoms with Gasteiger partial charge in [0.25, 0.3) is 0 Å². The van der Waals surface area contributed by atoms with Gasteiger partial charge in [-0.15, -0.1) is 10.2 Å². The quantitative estimate of drug-likeness (QED) is 0.697. The predicted octanol–water partition coefficient (Wildman–Crippen LogP) is 2.17. The Bertz CT molecular complexity index is 1040. The lowest BCUT2D eigenvalue weighted by molar-refractivity contribution is -0.0503. The van der Waals surface area contributed by atoms with Crippen molar-refractivity contribution in [3.05, 3.63) is 42.3 Å². The molecule has 29 heavy (non-hydrogen) atoms. The molecule has 1 amide bonds. The molecule has 0 spiro atoms. The summed E-state index contributed by atoms with van der Waals surface area (Å²) in [7, 11) is 0. The number of benzene rings is 1. The van der Waals surface area contributed by atoms with E-state index in [2.05, 4.69) is 20.4 Å². The largest absolute Gasteiger partial charge is 0.438 e. The van der Waals surface area contributed by atoms with Crippen LogP contribution in [-0.2, 0) is 11.3 Å². The summed E-state index contributed by atoms with van der Waals surface area (Å²) in [6.45, 7) is 2.26. The van der Waals surface area contributed by atoms with Gasteiger partial charge in [-0.05, 0) is 36.4 Å². The Morgan fingerprint density at radius 1 is 1.34 bits per heavy atom. The van der Waals surface area contributed by atoms with Crippen LogP contribution in [0.3, 0.4) is 0 Å². The molecule has 1 aliphatic heterocycles. The second-order valence-electron chi connectivity index (χ2n) is 6.30. The van der Waals surface area contributed by atoms with Crippen molar-refractivity contribution >= 4 is 11.8 Å². The number of aromatic nitrogens is 5. The van der Waals surface area contributed by atoms with Gasteiger partial charge in [0.1, 0.15) is 11.5 Å². The molecule has 3 heterocycles. The first kappa shape index (κ1) is 18.9. The number of pyridine rings is 1. The molecule has 4 rings (SSSR count). The number of amides is 1. The van der Waals surface area contributed by atoms with E-state index in [1.807, 2.05) is 6.92 Å². The number of tetrazole rings is 1. The summed E-state index contributed by atoms with van der Waals surface area (Å²) in [6.07, 6.45) is -2.97. The second-order valence-corrected chi connectivity index (χ2v) is 6.30. The highest BCUT2D eigenvalue weighted by molar-refractivity contribution is 5.90. The lowest BCUT2D eigenvalue weighted by atomic mass is 10.1. The molecule has 1 fully saturated rings. The molecule has 150 valence electrons. The Labute approximate surface area is 163 Å². The van der Waals surface area contributed by atoms with Crippen LogP contribution in [0, 0.1) is 5.82 Å². The van der Waals surface area contributed by atoms with Crippen molar-refractivity contribution in [3.8, 4) is 22.6 Å². The number of halogens is 2. The van der Waals surface area contributed by atoms with Crippen LogP contribution in [0.25, 0.3) is 22.6 Å². The van der Waals surface area contributed by atoms with Gasteiger partial charge in [-0.1, -0.05) is 6.07 Å². The van der Waals surface area contributed by atoms with Crippen molar-refractivity contribution in [3.63, 3.8) is 0 Å². The SMILES string of the molecule is CCn1nnc(-c2ccc(-c3ccc(N4C[C@@H](C(O)F)OC4=O)cc3F)cn2)n1. The number of hydrogen-bond acceptors (Lipinski definition) is 7. The van der Waals surface area contributed by atoms with E-state index < -0.39 is 24.4 Å². The van der Waals surface area contributed by atoms with Gasteiger partial charge in [0.15, 0.2) is 6.10 Å². The maximum Gasteiger partial charge on any atom is 0.414 e. The minimum absolute atomic E-state index is 0.198. The van der Waals surface area contributed by atoms with E-state index >= 15 is 0 Å². The third-order valence-electron chi connectivity index (χ3n) is 4.45. The number of alkyl halides is 1. The van der Waals surface area contributed by atoms with Gasteiger partial charge < -0.3 is 9.84 Å². The van der Waals surface area contributed by atoms with Crippen molar-refractivity contribution in [1.82, 2.24) is 25.2 Å². The maximum atomic E-state index is 14.7. The van der Waals surface area contributed by atoms with Crippen LogP contribution in [0.5, 0.6) is 0 Å².